The first-order valence-corrected chi connectivity index (χ1v) is 9.61. The Morgan fingerprint density at radius 2 is 2.03 bits per heavy atom. The van der Waals surface area contributed by atoms with Crippen molar-refractivity contribution in [2.24, 2.45) is 0 Å². The van der Waals surface area contributed by atoms with Gasteiger partial charge in [-0.25, -0.2) is 8.78 Å². The number of aromatic amines is 1. The molecule has 3 heterocycles. The maximum absolute atomic E-state index is 14.3. The lowest BCUT2D eigenvalue weighted by Crippen LogP contribution is -2.49. The van der Waals surface area contributed by atoms with Gasteiger partial charge in [0, 0.05) is 29.1 Å². The summed E-state index contributed by atoms with van der Waals surface area (Å²) < 4.78 is 27.9. The molecule has 5 rings (SSSR count). The Balaban J connectivity index is 1.34. The minimum Gasteiger partial charge on any atom is -0.382 e. The molecule has 0 saturated heterocycles. The zero-order valence-corrected chi connectivity index (χ0v) is 15.9. The van der Waals surface area contributed by atoms with E-state index in [-0.39, 0.29) is 12.8 Å². The molecule has 30 heavy (non-hydrogen) atoms. The molecule has 3 aromatic heterocycles. The van der Waals surface area contributed by atoms with Crippen LogP contribution in [0.1, 0.15) is 18.5 Å². The topological polar surface area (TPSA) is 105 Å². The average Bonchev–Trinajstić information content (AvgIpc) is 3.11. The highest BCUT2D eigenvalue weighted by molar-refractivity contribution is 5.91. The number of nitrogens with zero attached hydrogens (tertiary/aromatic N) is 4. The highest BCUT2D eigenvalue weighted by Gasteiger charge is 2.48. The second-order valence-electron chi connectivity index (χ2n) is 7.65. The molecule has 1 aliphatic carbocycles. The van der Waals surface area contributed by atoms with Crippen molar-refractivity contribution >= 4 is 22.5 Å². The van der Waals surface area contributed by atoms with E-state index in [9.17, 15) is 8.78 Å². The van der Waals surface area contributed by atoms with Gasteiger partial charge in [0.25, 0.3) is 0 Å². The quantitative estimate of drug-likeness (QED) is 0.467. The van der Waals surface area contributed by atoms with Crippen molar-refractivity contribution in [2.75, 3.05) is 17.6 Å². The Morgan fingerprint density at radius 1 is 1.17 bits per heavy atom. The summed E-state index contributed by atoms with van der Waals surface area (Å²) in [6.07, 6.45) is 1.04. The van der Waals surface area contributed by atoms with Crippen LogP contribution in [0.25, 0.3) is 22.2 Å². The van der Waals surface area contributed by atoms with E-state index in [1.807, 2.05) is 24.3 Å². The van der Waals surface area contributed by atoms with Gasteiger partial charge in [0.1, 0.15) is 17.8 Å². The van der Waals surface area contributed by atoms with Crippen LogP contribution in [0.3, 0.4) is 0 Å². The average molecular weight is 407 g/mol. The third-order valence-electron chi connectivity index (χ3n) is 5.65. The molecule has 0 amide bonds. The maximum atomic E-state index is 14.3. The molecule has 0 atom stereocenters. The smallest absolute Gasteiger partial charge is 0.153 e. The van der Waals surface area contributed by atoms with Gasteiger partial charge < -0.3 is 11.1 Å². The molecule has 9 heteroatoms. The van der Waals surface area contributed by atoms with E-state index >= 15 is 0 Å². The molecule has 0 spiro atoms. The summed E-state index contributed by atoms with van der Waals surface area (Å²) in [7, 11) is 0. The first-order valence-electron chi connectivity index (χ1n) is 9.61. The number of nitrogens with two attached hydrogens (primary N) is 1. The van der Waals surface area contributed by atoms with E-state index < -0.39 is 17.4 Å². The SMILES string of the molecule is Nc1n[nH]c2ccc(-c3ccc(NCC4(c5ncccc5F)CC(F)C4)nn3)cc12. The summed E-state index contributed by atoms with van der Waals surface area (Å²) in [5, 5.41) is 19.3. The number of fused-ring (bicyclic) bond motifs is 1. The molecule has 0 aliphatic heterocycles. The molecular formula is C21H19F2N7. The molecule has 1 fully saturated rings. The lowest BCUT2D eigenvalue weighted by molar-refractivity contribution is 0.0964. The van der Waals surface area contributed by atoms with Crippen LogP contribution in [-0.2, 0) is 5.41 Å². The number of rotatable bonds is 5. The number of aromatic nitrogens is 5. The molecule has 1 aromatic carbocycles. The Morgan fingerprint density at radius 3 is 2.77 bits per heavy atom. The first kappa shape index (κ1) is 18.4. The summed E-state index contributed by atoms with van der Waals surface area (Å²) in [5.74, 6) is 0.541. The number of benzene rings is 1. The second kappa shape index (κ2) is 7.01. The van der Waals surface area contributed by atoms with Gasteiger partial charge in [-0.1, -0.05) is 6.07 Å². The lowest BCUT2D eigenvalue weighted by Gasteiger charge is -2.44. The van der Waals surface area contributed by atoms with Crippen LogP contribution in [0.4, 0.5) is 20.4 Å². The monoisotopic (exact) mass is 407 g/mol. The van der Waals surface area contributed by atoms with E-state index in [2.05, 4.69) is 30.7 Å². The Hall–Kier alpha value is -3.62. The van der Waals surface area contributed by atoms with Crippen LogP contribution in [0, 0.1) is 5.82 Å². The van der Waals surface area contributed by atoms with Crippen LogP contribution in [-0.4, -0.2) is 38.1 Å². The van der Waals surface area contributed by atoms with Gasteiger partial charge in [-0.3, -0.25) is 10.1 Å². The number of H-pyrrole nitrogens is 1. The van der Waals surface area contributed by atoms with Crippen molar-refractivity contribution in [1.29, 1.82) is 0 Å². The van der Waals surface area contributed by atoms with Crippen molar-refractivity contribution < 1.29 is 8.78 Å². The van der Waals surface area contributed by atoms with Crippen LogP contribution in [0.2, 0.25) is 0 Å². The van der Waals surface area contributed by atoms with Crippen LogP contribution < -0.4 is 11.1 Å². The predicted molar refractivity (Wildman–Crippen MR) is 110 cm³/mol. The van der Waals surface area contributed by atoms with E-state index in [0.29, 0.717) is 29.6 Å². The Bertz CT molecular complexity index is 1200. The number of hydrogen-bond acceptors (Lipinski definition) is 6. The number of nitrogens with one attached hydrogen (secondary N) is 2. The molecule has 4 aromatic rings. The summed E-state index contributed by atoms with van der Waals surface area (Å²) in [5.41, 5.74) is 7.87. The first-order chi connectivity index (χ1) is 14.5. The van der Waals surface area contributed by atoms with E-state index in [1.165, 1.54) is 18.3 Å². The van der Waals surface area contributed by atoms with Crippen molar-refractivity contribution in [3.8, 4) is 11.3 Å². The minimum absolute atomic E-state index is 0.228. The summed E-state index contributed by atoms with van der Waals surface area (Å²) in [4.78, 5) is 4.16. The van der Waals surface area contributed by atoms with E-state index in [0.717, 1.165) is 16.5 Å². The van der Waals surface area contributed by atoms with Crippen molar-refractivity contribution in [3.05, 3.63) is 60.2 Å². The summed E-state index contributed by atoms with van der Waals surface area (Å²) >= 11 is 0. The predicted octanol–water partition coefficient (Wildman–Crippen LogP) is 3.62. The van der Waals surface area contributed by atoms with Gasteiger partial charge in [0.2, 0.25) is 0 Å². The van der Waals surface area contributed by atoms with Crippen molar-refractivity contribution in [2.45, 2.75) is 24.4 Å². The number of hydrogen-bond donors (Lipinski definition) is 3. The van der Waals surface area contributed by atoms with Crippen LogP contribution >= 0.6 is 0 Å². The highest BCUT2D eigenvalue weighted by atomic mass is 19.1. The molecule has 152 valence electrons. The molecule has 0 bridgehead atoms. The van der Waals surface area contributed by atoms with E-state index in [4.69, 9.17) is 5.73 Å². The molecule has 1 saturated carbocycles. The van der Waals surface area contributed by atoms with Gasteiger partial charge in [0.05, 0.1) is 16.9 Å². The van der Waals surface area contributed by atoms with Gasteiger partial charge in [-0.2, -0.15) is 5.10 Å². The van der Waals surface area contributed by atoms with Crippen molar-refractivity contribution in [3.63, 3.8) is 0 Å². The fraction of sp³-hybridized carbons (Fsp3) is 0.238. The zero-order chi connectivity index (χ0) is 20.7. The molecule has 4 N–H and O–H groups in total. The molecule has 7 nitrogen and oxygen atoms in total. The zero-order valence-electron chi connectivity index (χ0n) is 15.9. The maximum Gasteiger partial charge on any atom is 0.153 e. The van der Waals surface area contributed by atoms with Gasteiger partial charge in [-0.15, -0.1) is 10.2 Å². The number of pyridine rings is 1. The third kappa shape index (κ3) is 3.12. The van der Waals surface area contributed by atoms with E-state index in [1.54, 1.807) is 6.07 Å². The Labute approximate surface area is 170 Å². The summed E-state index contributed by atoms with van der Waals surface area (Å²) in [6.45, 7) is 0.326. The third-order valence-corrected chi connectivity index (χ3v) is 5.65. The minimum atomic E-state index is -0.952. The van der Waals surface area contributed by atoms with Gasteiger partial charge >= 0.3 is 0 Å². The van der Waals surface area contributed by atoms with Gasteiger partial charge in [-0.05, 0) is 49.2 Å². The van der Waals surface area contributed by atoms with Crippen LogP contribution in [0.5, 0.6) is 0 Å². The Kier molecular flexibility index (Phi) is 4.30. The molecule has 1 aliphatic rings. The molecule has 0 unspecified atom stereocenters. The number of alkyl halides is 1. The second-order valence-corrected chi connectivity index (χ2v) is 7.65. The molecule has 0 radical (unpaired) electrons. The fourth-order valence-corrected chi connectivity index (χ4v) is 4.02. The highest BCUT2D eigenvalue weighted by Crippen LogP contribution is 2.45. The van der Waals surface area contributed by atoms with Crippen molar-refractivity contribution in [1.82, 2.24) is 25.4 Å². The van der Waals surface area contributed by atoms with Crippen LogP contribution in [0.15, 0.2) is 48.7 Å². The standard InChI is InChI=1S/C21H19F2N7/c22-13-9-21(10-13,19-15(23)2-1-7-25-19)11-26-18-6-5-16(27-29-18)12-3-4-17-14(8-12)20(24)30-28-17/h1-8,13H,9-11H2,(H,26,29)(H3,24,28,30). The lowest BCUT2D eigenvalue weighted by atomic mass is 9.65. The largest absolute Gasteiger partial charge is 0.382 e. The number of anilines is 2. The van der Waals surface area contributed by atoms with Gasteiger partial charge in [0.15, 0.2) is 5.82 Å². The normalized spacial score (nSPS) is 20.8. The number of nitrogen functional groups attached to an aromatic ring is 1. The number of halogens is 2. The fourth-order valence-electron chi connectivity index (χ4n) is 4.02. The summed E-state index contributed by atoms with van der Waals surface area (Å²) in [6, 6.07) is 12.2. The molecular weight excluding hydrogens is 388 g/mol.